The molecule has 0 aromatic heterocycles. The summed E-state index contributed by atoms with van der Waals surface area (Å²) in [5.74, 6) is -1.21. The van der Waals surface area contributed by atoms with Crippen molar-refractivity contribution in [2.75, 3.05) is 7.11 Å². The van der Waals surface area contributed by atoms with Crippen molar-refractivity contribution in [3.05, 3.63) is 39.9 Å². The third kappa shape index (κ3) is 4.80. The molecule has 0 unspecified atom stereocenters. The number of nitrogens with one attached hydrogen (secondary N) is 1. The number of ether oxygens (including phenoxy) is 1. The summed E-state index contributed by atoms with van der Waals surface area (Å²) >= 11 is 0. The van der Waals surface area contributed by atoms with Crippen molar-refractivity contribution in [1.29, 1.82) is 0 Å². The van der Waals surface area contributed by atoms with Crippen LogP contribution in [0.1, 0.15) is 19.4 Å². The van der Waals surface area contributed by atoms with E-state index in [2.05, 4.69) is 9.46 Å². The number of rotatable bonds is 6. The average Bonchev–Trinajstić information content (AvgIpc) is 2.35. The predicted molar refractivity (Wildman–Crippen MR) is 75.0 cm³/mol. The molecular formula is C12H16N2O6S. The number of carbonyl (C=O) groups is 1. The number of hydrogen-bond donors (Lipinski definition) is 1. The van der Waals surface area contributed by atoms with Crippen LogP contribution in [0.3, 0.4) is 0 Å². The molecule has 116 valence electrons. The molecule has 9 heteroatoms. The minimum absolute atomic E-state index is 0.199. The van der Waals surface area contributed by atoms with Crippen LogP contribution in [-0.2, 0) is 25.3 Å². The van der Waals surface area contributed by atoms with Gasteiger partial charge < -0.3 is 4.74 Å². The van der Waals surface area contributed by atoms with Crippen molar-refractivity contribution in [2.24, 2.45) is 0 Å². The molecule has 8 nitrogen and oxygen atoms in total. The van der Waals surface area contributed by atoms with E-state index < -0.39 is 32.2 Å². The first-order valence-electron chi connectivity index (χ1n) is 5.91. The topological polar surface area (TPSA) is 116 Å². The molecular weight excluding hydrogens is 300 g/mol. The van der Waals surface area contributed by atoms with E-state index in [9.17, 15) is 23.3 Å². The van der Waals surface area contributed by atoms with Crippen LogP contribution >= 0.6 is 0 Å². The summed E-state index contributed by atoms with van der Waals surface area (Å²) in [6.45, 7) is 2.73. The lowest BCUT2D eigenvalue weighted by Crippen LogP contribution is -2.50. The quantitative estimate of drug-likeness (QED) is 0.475. The van der Waals surface area contributed by atoms with Crippen LogP contribution in [0.2, 0.25) is 0 Å². The van der Waals surface area contributed by atoms with E-state index in [4.69, 9.17) is 0 Å². The molecule has 1 N–H and O–H groups in total. The molecule has 1 aromatic carbocycles. The van der Waals surface area contributed by atoms with E-state index in [1.54, 1.807) is 0 Å². The van der Waals surface area contributed by atoms with Crippen molar-refractivity contribution in [2.45, 2.75) is 25.1 Å². The molecule has 0 atom stereocenters. The summed E-state index contributed by atoms with van der Waals surface area (Å²) in [7, 11) is -2.71. The number of hydrogen-bond acceptors (Lipinski definition) is 6. The molecule has 0 saturated heterocycles. The van der Waals surface area contributed by atoms with Gasteiger partial charge in [0.1, 0.15) is 5.54 Å². The number of nitrogens with zero attached hydrogens (tertiary/aromatic N) is 1. The van der Waals surface area contributed by atoms with Gasteiger partial charge in [0.15, 0.2) is 0 Å². The minimum Gasteiger partial charge on any atom is -0.468 e. The van der Waals surface area contributed by atoms with Gasteiger partial charge >= 0.3 is 5.97 Å². The second-order valence-electron chi connectivity index (χ2n) is 4.90. The molecule has 0 heterocycles. The Balaban J connectivity index is 2.93. The van der Waals surface area contributed by atoms with Crippen molar-refractivity contribution in [3.63, 3.8) is 0 Å². The number of esters is 1. The minimum atomic E-state index is -3.86. The molecule has 0 aliphatic carbocycles. The van der Waals surface area contributed by atoms with Crippen LogP contribution in [0.15, 0.2) is 24.3 Å². The first-order chi connectivity index (χ1) is 9.57. The van der Waals surface area contributed by atoms with Crippen molar-refractivity contribution in [1.82, 2.24) is 4.72 Å². The van der Waals surface area contributed by atoms with E-state index >= 15 is 0 Å². The van der Waals surface area contributed by atoms with Gasteiger partial charge in [-0.05, 0) is 19.4 Å². The second-order valence-corrected chi connectivity index (χ2v) is 6.63. The highest BCUT2D eigenvalue weighted by Gasteiger charge is 2.33. The Morgan fingerprint density at radius 3 is 2.57 bits per heavy atom. The molecule has 0 amide bonds. The molecule has 0 spiro atoms. The normalized spacial score (nSPS) is 12.0. The molecule has 0 aliphatic rings. The van der Waals surface area contributed by atoms with Gasteiger partial charge in [-0.1, -0.05) is 12.1 Å². The number of methoxy groups -OCH3 is 1. The van der Waals surface area contributed by atoms with Crippen molar-refractivity contribution >= 4 is 21.7 Å². The van der Waals surface area contributed by atoms with E-state index in [0.717, 1.165) is 7.11 Å². The molecule has 1 aromatic rings. The van der Waals surface area contributed by atoms with Crippen LogP contribution in [-0.4, -0.2) is 32.0 Å². The Morgan fingerprint density at radius 1 is 1.43 bits per heavy atom. The van der Waals surface area contributed by atoms with Crippen LogP contribution in [0, 0.1) is 10.1 Å². The van der Waals surface area contributed by atoms with Crippen LogP contribution in [0.25, 0.3) is 0 Å². The average molecular weight is 316 g/mol. The fraction of sp³-hybridized carbons (Fsp3) is 0.417. The lowest BCUT2D eigenvalue weighted by Gasteiger charge is -2.22. The Hall–Kier alpha value is -2.00. The zero-order chi connectivity index (χ0) is 16.3. The number of nitro groups is 1. The highest BCUT2D eigenvalue weighted by Crippen LogP contribution is 2.16. The fourth-order valence-electron chi connectivity index (χ4n) is 1.70. The molecule has 21 heavy (non-hydrogen) atoms. The van der Waals surface area contributed by atoms with E-state index in [-0.39, 0.29) is 11.3 Å². The monoisotopic (exact) mass is 316 g/mol. The number of carbonyl (C=O) groups excluding carboxylic acids is 1. The number of non-ortho nitro benzene ring substituents is 1. The first-order valence-corrected chi connectivity index (χ1v) is 7.56. The largest absolute Gasteiger partial charge is 0.468 e. The molecule has 0 bridgehead atoms. The number of sulfonamides is 1. The van der Waals surface area contributed by atoms with E-state index in [1.165, 1.54) is 38.1 Å². The highest BCUT2D eigenvalue weighted by atomic mass is 32.2. The second kappa shape index (κ2) is 6.19. The molecule has 0 radical (unpaired) electrons. The summed E-state index contributed by atoms with van der Waals surface area (Å²) in [4.78, 5) is 21.5. The lowest BCUT2D eigenvalue weighted by molar-refractivity contribution is -0.384. The molecule has 1 rings (SSSR count). The predicted octanol–water partition coefficient (Wildman–Crippen LogP) is 0.966. The molecule has 0 fully saturated rings. The fourth-order valence-corrected chi connectivity index (χ4v) is 3.25. The third-order valence-electron chi connectivity index (χ3n) is 2.58. The zero-order valence-corrected chi connectivity index (χ0v) is 12.6. The van der Waals surface area contributed by atoms with Crippen molar-refractivity contribution in [3.8, 4) is 0 Å². The van der Waals surface area contributed by atoms with Crippen LogP contribution < -0.4 is 4.72 Å². The highest BCUT2D eigenvalue weighted by molar-refractivity contribution is 7.88. The van der Waals surface area contributed by atoms with Crippen LogP contribution in [0.4, 0.5) is 5.69 Å². The summed E-state index contributed by atoms with van der Waals surface area (Å²) < 4.78 is 30.8. The summed E-state index contributed by atoms with van der Waals surface area (Å²) in [6.07, 6.45) is 0. The Bertz CT molecular complexity index is 653. The maximum Gasteiger partial charge on any atom is 0.326 e. The maximum atomic E-state index is 12.0. The smallest absolute Gasteiger partial charge is 0.326 e. The standard InChI is InChI=1S/C12H16N2O6S/c1-12(2,11(15)20-3)13-21(18,19)8-9-5-4-6-10(7-9)14(16)17/h4-7,13H,8H2,1-3H3. The van der Waals surface area contributed by atoms with Gasteiger partial charge in [0.05, 0.1) is 17.8 Å². The number of benzene rings is 1. The third-order valence-corrected chi connectivity index (χ3v) is 4.12. The summed E-state index contributed by atoms with van der Waals surface area (Å²) in [6, 6.07) is 5.29. The van der Waals surface area contributed by atoms with E-state index in [1.807, 2.05) is 0 Å². The Labute approximate surface area is 122 Å². The van der Waals surface area contributed by atoms with Gasteiger partial charge in [0.2, 0.25) is 10.0 Å². The van der Waals surface area contributed by atoms with Crippen molar-refractivity contribution < 1.29 is 22.9 Å². The van der Waals surface area contributed by atoms with Gasteiger partial charge in [-0.25, -0.2) is 8.42 Å². The van der Waals surface area contributed by atoms with E-state index in [0.29, 0.717) is 0 Å². The van der Waals surface area contributed by atoms with Gasteiger partial charge in [-0.15, -0.1) is 0 Å². The van der Waals surface area contributed by atoms with Gasteiger partial charge in [0, 0.05) is 12.1 Å². The summed E-state index contributed by atoms with van der Waals surface area (Å²) in [5.41, 5.74) is -1.37. The zero-order valence-electron chi connectivity index (χ0n) is 11.8. The molecule has 0 aliphatic heterocycles. The SMILES string of the molecule is COC(=O)C(C)(C)NS(=O)(=O)Cc1cccc([N+](=O)[O-])c1. The van der Waals surface area contributed by atoms with Gasteiger partial charge in [-0.3, -0.25) is 14.9 Å². The first kappa shape index (κ1) is 17.1. The molecule has 0 saturated carbocycles. The Kier molecular flexibility index (Phi) is 5.02. The maximum absolute atomic E-state index is 12.0. The van der Waals surface area contributed by atoms with Gasteiger partial charge in [0.25, 0.3) is 5.69 Å². The number of nitro benzene ring substituents is 1. The van der Waals surface area contributed by atoms with Gasteiger partial charge in [-0.2, -0.15) is 4.72 Å². The van der Waals surface area contributed by atoms with Crippen LogP contribution in [0.5, 0.6) is 0 Å². The lowest BCUT2D eigenvalue weighted by atomic mass is 10.1. The Morgan fingerprint density at radius 2 is 2.05 bits per heavy atom. The summed E-state index contributed by atoms with van der Waals surface area (Å²) in [5, 5.41) is 10.7.